The van der Waals surface area contributed by atoms with E-state index in [1.807, 2.05) is 19.9 Å². The summed E-state index contributed by atoms with van der Waals surface area (Å²) >= 11 is 0. The van der Waals surface area contributed by atoms with Crippen LogP contribution in [0.5, 0.6) is 0 Å². The number of ether oxygens (including phenoxy) is 2. The Morgan fingerprint density at radius 3 is 3.00 bits per heavy atom. The molecule has 1 N–H and O–H groups in total. The summed E-state index contributed by atoms with van der Waals surface area (Å²) in [6.07, 6.45) is -0.0276. The molecule has 1 fully saturated rings. The molecule has 2 rings (SSSR count). The number of halogens is 1. The van der Waals surface area contributed by atoms with Crippen molar-refractivity contribution in [1.29, 1.82) is 5.26 Å². The number of nitriles is 1. The second kappa shape index (κ2) is 6.31. The van der Waals surface area contributed by atoms with Crippen molar-refractivity contribution >= 4 is 0 Å². The van der Waals surface area contributed by atoms with Gasteiger partial charge in [0.25, 0.3) is 0 Å². The molecule has 0 amide bonds. The Morgan fingerprint density at radius 1 is 1.55 bits per heavy atom. The molecule has 1 aromatic carbocycles. The van der Waals surface area contributed by atoms with Crippen LogP contribution in [0, 0.1) is 17.1 Å². The number of rotatable bonds is 4. The molecule has 1 unspecified atom stereocenters. The summed E-state index contributed by atoms with van der Waals surface area (Å²) in [5.74, 6) is -0.410. The van der Waals surface area contributed by atoms with Crippen molar-refractivity contribution < 1.29 is 13.9 Å². The van der Waals surface area contributed by atoms with Crippen LogP contribution in [-0.2, 0) is 16.1 Å². The van der Waals surface area contributed by atoms with E-state index < -0.39 is 5.82 Å². The summed E-state index contributed by atoms with van der Waals surface area (Å²) in [5.41, 5.74) is 0.561. The van der Waals surface area contributed by atoms with Crippen LogP contribution in [0.25, 0.3) is 0 Å². The summed E-state index contributed by atoms with van der Waals surface area (Å²) in [4.78, 5) is 0. The van der Waals surface area contributed by atoms with Crippen LogP contribution in [0.4, 0.5) is 4.39 Å². The Bertz CT molecular complexity index is 511. The first-order chi connectivity index (χ1) is 9.50. The van der Waals surface area contributed by atoms with Gasteiger partial charge in [0.1, 0.15) is 5.82 Å². The van der Waals surface area contributed by atoms with E-state index in [1.165, 1.54) is 6.07 Å². The summed E-state index contributed by atoms with van der Waals surface area (Å²) in [7, 11) is 0. The molecule has 4 nitrogen and oxygen atoms in total. The van der Waals surface area contributed by atoms with Gasteiger partial charge in [-0.15, -0.1) is 0 Å². The molecule has 0 radical (unpaired) electrons. The first-order valence-corrected chi connectivity index (χ1v) is 6.65. The highest BCUT2D eigenvalue weighted by Gasteiger charge is 2.28. The van der Waals surface area contributed by atoms with E-state index in [0.29, 0.717) is 17.7 Å². The maximum absolute atomic E-state index is 13.7. The summed E-state index contributed by atoms with van der Waals surface area (Å²) in [6, 6.07) is 6.29. The standard InChI is InChI=1S/C15H19FN2O2/c1-15(2)10-18-7-13(20-15)9-19-8-12-4-3-11(6-17)5-14(12)16/h3-5,13,18H,7-10H2,1-2H3. The normalized spacial score (nSPS) is 21.4. The predicted molar refractivity (Wildman–Crippen MR) is 72.6 cm³/mol. The number of benzene rings is 1. The fourth-order valence-corrected chi connectivity index (χ4v) is 2.20. The Labute approximate surface area is 118 Å². The minimum Gasteiger partial charge on any atom is -0.374 e. The maximum atomic E-state index is 13.7. The molecule has 5 heteroatoms. The number of morpholine rings is 1. The van der Waals surface area contributed by atoms with Gasteiger partial charge in [-0.3, -0.25) is 0 Å². The third kappa shape index (κ3) is 4.01. The van der Waals surface area contributed by atoms with Crippen LogP contribution < -0.4 is 5.32 Å². The van der Waals surface area contributed by atoms with Crippen LogP contribution in [-0.4, -0.2) is 31.4 Å². The van der Waals surface area contributed by atoms with E-state index in [4.69, 9.17) is 14.7 Å². The Balaban J connectivity index is 1.83. The minimum absolute atomic E-state index is 0.0276. The lowest BCUT2D eigenvalue weighted by Crippen LogP contribution is -2.51. The zero-order valence-electron chi connectivity index (χ0n) is 11.8. The van der Waals surface area contributed by atoms with Crippen molar-refractivity contribution in [3.8, 4) is 6.07 Å². The fraction of sp³-hybridized carbons (Fsp3) is 0.533. The van der Waals surface area contributed by atoms with Crippen molar-refractivity contribution in [2.45, 2.75) is 32.2 Å². The van der Waals surface area contributed by atoms with Gasteiger partial charge in [0.15, 0.2) is 0 Å². The summed E-state index contributed by atoms with van der Waals surface area (Å²) < 4.78 is 25.0. The highest BCUT2D eigenvalue weighted by atomic mass is 19.1. The number of nitrogens with zero attached hydrogens (tertiary/aromatic N) is 1. The van der Waals surface area contributed by atoms with E-state index in [9.17, 15) is 4.39 Å². The van der Waals surface area contributed by atoms with Gasteiger partial charge in [0, 0.05) is 18.7 Å². The fourth-order valence-electron chi connectivity index (χ4n) is 2.20. The van der Waals surface area contributed by atoms with Gasteiger partial charge in [-0.1, -0.05) is 6.07 Å². The van der Waals surface area contributed by atoms with Crippen molar-refractivity contribution in [1.82, 2.24) is 5.32 Å². The van der Waals surface area contributed by atoms with Gasteiger partial charge in [0.2, 0.25) is 0 Å². The molecule has 1 aliphatic rings. The van der Waals surface area contributed by atoms with Gasteiger partial charge in [-0.05, 0) is 26.0 Å². The van der Waals surface area contributed by atoms with Gasteiger partial charge < -0.3 is 14.8 Å². The van der Waals surface area contributed by atoms with Gasteiger partial charge in [-0.25, -0.2) is 4.39 Å². The van der Waals surface area contributed by atoms with Crippen LogP contribution in [0.2, 0.25) is 0 Å². The lowest BCUT2D eigenvalue weighted by Gasteiger charge is -2.36. The number of hydrogen-bond donors (Lipinski definition) is 1. The highest BCUT2D eigenvalue weighted by Crippen LogP contribution is 2.16. The van der Waals surface area contributed by atoms with Crippen molar-refractivity contribution in [2.75, 3.05) is 19.7 Å². The molecule has 1 saturated heterocycles. The molecule has 0 spiro atoms. The van der Waals surface area contributed by atoms with E-state index in [-0.39, 0.29) is 18.3 Å². The molecule has 20 heavy (non-hydrogen) atoms. The molecular formula is C15H19FN2O2. The van der Waals surface area contributed by atoms with E-state index in [2.05, 4.69) is 5.32 Å². The van der Waals surface area contributed by atoms with Crippen LogP contribution in [0.3, 0.4) is 0 Å². The number of nitrogens with one attached hydrogen (secondary N) is 1. The molecule has 108 valence electrons. The average Bonchev–Trinajstić information content (AvgIpc) is 2.39. The highest BCUT2D eigenvalue weighted by molar-refractivity contribution is 5.32. The van der Waals surface area contributed by atoms with Gasteiger partial charge in [-0.2, -0.15) is 5.26 Å². The topological polar surface area (TPSA) is 54.3 Å². The Morgan fingerprint density at radius 2 is 2.35 bits per heavy atom. The summed E-state index contributed by atoms with van der Waals surface area (Å²) in [5, 5.41) is 12.0. The van der Waals surface area contributed by atoms with Gasteiger partial charge >= 0.3 is 0 Å². The monoisotopic (exact) mass is 278 g/mol. The molecule has 1 atom stereocenters. The minimum atomic E-state index is -0.410. The molecule has 1 aromatic rings. The van der Waals surface area contributed by atoms with Crippen LogP contribution >= 0.6 is 0 Å². The molecule has 1 heterocycles. The first kappa shape index (κ1) is 14.9. The lowest BCUT2D eigenvalue weighted by molar-refractivity contribution is -0.122. The zero-order valence-corrected chi connectivity index (χ0v) is 11.8. The maximum Gasteiger partial charge on any atom is 0.130 e. The summed E-state index contributed by atoms with van der Waals surface area (Å²) in [6.45, 7) is 6.18. The van der Waals surface area contributed by atoms with E-state index in [1.54, 1.807) is 12.1 Å². The molecule has 0 saturated carbocycles. The second-order valence-corrected chi connectivity index (χ2v) is 5.56. The SMILES string of the molecule is CC1(C)CNCC(COCc2ccc(C#N)cc2F)O1. The van der Waals surface area contributed by atoms with Crippen molar-refractivity contribution in [2.24, 2.45) is 0 Å². The molecular weight excluding hydrogens is 259 g/mol. The van der Waals surface area contributed by atoms with E-state index >= 15 is 0 Å². The van der Waals surface area contributed by atoms with Crippen LogP contribution in [0.15, 0.2) is 18.2 Å². The Kier molecular flexibility index (Phi) is 4.71. The first-order valence-electron chi connectivity index (χ1n) is 6.65. The lowest BCUT2D eigenvalue weighted by atomic mass is 10.1. The van der Waals surface area contributed by atoms with E-state index in [0.717, 1.165) is 13.1 Å². The smallest absolute Gasteiger partial charge is 0.130 e. The zero-order chi connectivity index (χ0) is 14.6. The third-order valence-electron chi connectivity index (χ3n) is 3.15. The quantitative estimate of drug-likeness (QED) is 0.915. The van der Waals surface area contributed by atoms with Crippen molar-refractivity contribution in [3.63, 3.8) is 0 Å². The van der Waals surface area contributed by atoms with Gasteiger partial charge in [0.05, 0.1) is 36.6 Å². The third-order valence-corrected chi connectivity index (χ3v) is 3.15. The molecule has 0 bridgehead atoms. The second-order valence-electron chi connectivity index (χ2n) is 5.56. The number of hydrogen-bond acceptors (Lipinski definition) is 4. The van der Waals surface area contributed by atoms with Crippen molar-refractivity contribution in [3.05, 3.63) is 35.1 Å². The average molecular weight is 278 g/mol. The Hall–Kier alpha value is -1.48. The van der Waals surface area contributed by atoms with Crippen LogP contribution in [0.1, 0.15) is 25.0 Å². The predicted octanol–water partition coefficient (Wildman–Crippen LogP) is 1.98. The molecule has 0 aliphatic carbocycles. The largest absolute Gasteiger partial charge is 0.374 e. The molecule has 0 aromatic heterocycles. The molecule has 1 aliphatic heterocycles.